The summed E-state index contributed by atoms with van der Waals surface area (Å²) in [5.41, 5.74) is 3.98. The van der Waals surface area contributed by atoms with Crippen molar-refractivity contribution in [3.8, 4) is 0 Å². The van der Waals surface area contributed by atoms with Crippen molar-refractivity contribution < 1.29 is 0 Å². The van der Waals surface area contributed by atoms with Crippen LogP contribution in [0.4, 0.5) is 0 Å². The summed E-state index contributed by atoms with van der Waals surface area (Å²) in [5.74, 6) is 0. The normalized spacial score (nSPS) is 12.3. The number of imidazole rings is 1. The predicted molar refractivity (Wildman–Crippen MR) is 63.2 cm³/mol. The highest BCUT2D eigenvalue weighted by Gasteiger charge is 2.21. The predicted octanol–water partition coefficient (Wildman–Crippen LogP) is 3.33. The quantitative estimate of drug-likeness (QED) is 0.730. The van der Waals surface area contributed by atoms with Crippen LogP contribution in [0.5, 0.6) is 0 Å². The first-order chi connectivity index (χ1) is 7.06. The SMILES string of the molecule is CCC(C)(C)c1ccc2nccn2c1C. The monoisotopic (exact) mass is 202 g/mol. The molecule has 0 unspecified atom stereocenters. The highest BCUT2D eigenvalue weighted by atomic mass is 15.0. The molecule has 80 valence electrons. The maximum atomic E-state index is 4.29. The lowest BCUT2D eigenvalue weighted by atomic mass is 9.81. The van der Waals surface area contributed by atoms with Crippen molar-refractivity contribution in [2.75, 3.05) is 0 Å². The molecule has 0 radical (unpaired) electrons. The number of rotatable bonds is 2. The van der Waals surface area contributed by atoms with Gasteiger partial charge in [0.1, 0.15) is 5.65 Å². The first kappa shape index (κ1) is 10.2. The zero-order valence-corrected chi connectivity index (χ0v) is 9.91. The lowest BCUT2D eigenvalue weighted by molar-refractivity contribution is 0.500. The van der Waals surface area contributed by atoms with E-state index in [1.807, 2.05) is 12.4 Å². The Labute approximate surface area is 91.0 Å². The minimum Gasteiger partial charge on any atom is -0.304 e. The molecule has 0 saturated carbocycles. The van der Waals surface area contributed by atoms with Crippen molar-refractivity contribution in [2.45, 2.75) is 39.5 Å². The summed E-state index contributed by atoms with van der Waals surface area (Å²) in [7, 11) is 0. The number of pyridine rings is 1. The van der Waals surface area contributed by atoms with E-state index in [-0.39, 0.29) is 5.41 Å². The van der Waals surface area contributed by atoms with Gasteiger partial charge in [0.05, 0.1) is 0 Å². The molecular formula is C13H18N2. The van der Waals surface area contributed by atoms with Gasteiger partial charge in [-0.3, -0.25) is 0 Å². The second-order valence-corrected chi connectivity index (χ2v) is 4.73. The molecule has 2 heterocycles. The summed E-state index contributed by atoms with van der Waals surface area (Å²) in [4.78, 5) is 4.29. The van der Waals surface area contributed by atoms with Crippen molar-refractivity contribution in [2.24, 2.45) is 0 Å². The minimum atomic E-state index is 0.239. The van der Waals surface area contributed by atoms with Crippen molar-refractivity contribution >= 4 is 5.65 Å². The number of aromatic nitrogens is 2. The summed E-state index contributed by atoms with van der Waals surface area (Å²) in [6, 6.07) is 4.31. The standard InChI is InChI=1S/C13H18N2/c1-5-13(3,4)11-6-7-12-14-8-9-15(12)10(11)2/h6-9H,5H2,1-4H3. The minimum absolute atomic E-state index is 0.239. The van der Waals surface area contributed by atoms with Crippen LogP contribution in [0.1, 0.15) is 38.4 Å². The topological polar surface area (TPSA) is 17.3 Å². The fraction of sp³-hybridized carbons (Fsp3) is 0.462. The van der Waals surface area contributed by atoms with Gasteiger partial charge in [-0.2, -0.15) is 0 Å². The Morgan fingerprint density at radius 2 is 2.07 bits per heavy atom. The molecule has 0 saturated heterocycles. The molecule has 0 bridgehead atoms. The molecule has 0 fully saturated rings. The van der Waals surface area contributed by atoms with Crippen molar-refractivity contribution in [3.63, 3.8) is 0 Å². The molecule has 2 heteroatoms. The molecule has 0 atom stereocenters. The van der Waals surface area contributed by atoms with Crippen LogP contribution in [0.3, 0.4) is 0 Å². The van der Waals surface area contributed by atoms with Crippen LogP contribution in [0.2, 0.25) is 0 Å². The third-order valence-corrected chi connectivity index (χ3v) is 3.43. The Kier molecular flexibility index (Phi) is 2.29. The van der Waals surface area contributed by atoms with E-state index in [1.54, 1.807) is 0 Å². The number of hydrogen-bond donors (Lipinski definition) is 0. The van der Waals surface area contributed by atoms with Crippen LogP contribution in [-0.4, -0.2) is 9.38 Å². The first-order valence-electron chi connectivity index (χ1n) is 5.49. The van der Waals surface area contributed by atoms with Crippen molar-refractivity contribution in [1.29, 1.82) is 0 Å². The molecular weight excluding hydrogens is 184 g/mol. The lowest BCUT2D eigenvalue weighted by Gasteiger charge is -2.25. The number of nitrogens with zero attached hydrogens (tertiary/aromatic N) is 2. The van der Waals surface area contributed by atoms with Crippen molar-refractivity contribution in [3.05, 3.63) is 35.8 Å². The lowest BCUT2D eigenvalue weighted by Crippen LogP contribution is -2.18. The first-order valence-corrected chi connectivity index (χ1v) is 5.49. The molecule has 0 amide bonds. The van der Waals surface area contributed by atoms with E-state index >= 15 is 0 Å². The Bertz CT molecular complexity index is 480. The van der Waals surface area contributed by atoms with Gasteiger partial charge in [0, 0.05) is 18.1 Å². The summed E-state index contributed by atoms with van der Waals surface area (Å²) in [5, 5.41) is 0. The third-order valence-electron chi connectivity index (χ3n) is 3.43. The smallest absolute Gasteiger partial charge is 0.136 e. The molecule has 0 aliphatic carbocycles. The van der Waals surface area contributed by atoms with E-state index < -0.39 is 0 Å². The van der Waals surface area contributed by atoms with Gasteiger partial charge in [-0.15, -0.1) is 0 Å². The fourth-order valence-electron chi connectivity index (χ4n) is 2.04. The van der Waals surface area contributed by atoms with Gasteiger partial charge in [-0.05, 0) is 30.4 Å². The Morgan fingerprint density at radius 1 is 1.33 bits per heavy atom. The number of fused-ring (bicyclic) bond motifs is 1. The van der Waals surface area contributed by atoms with Crippen LogP contribution < -0.4 is 0 Å². The summed E-state index contributed by atoms with van der Waals surface area (Å²) >= 11 is 0. The fourth-order valence-corrected chi connectivity index (χ4v) is 2.04. The molecule has 2 aromatic rings. The molecule has 0 N–H and O–H groups in total. The molecule has 0 aliphatic rings. The van der Waals surface area contributed by atoms with E-state index in [9.17, 15) is 0 Å². The van der Waals surface area contributed by atoms with E-state index in [4.69, 9.17) is 0 Å². The maximum absolute atomic E-state index is 4.29. The van der Waals surface area contributed by atoms with Gasteiger partial charge < -0.3 is 4.40 Å². The third kappa shape index (κ3) is 1.54. The second kappa shape index (κ2) is 3.37. The Morgan fingerprint density at radius 3 is 2.73 bits per heavy atom. The summed E-state index contributed by atoms with van der Waals surface area (Å²) in [6.07, 6.45) is 5.03. The molecule has 2 rings (SSSR count). The summed E-state index contributed by atoms with van der Waals surface area (Å²) in [6.45, 7) is 8.98. The maximum Gasteiger partial charge on any atom is 0.136 e. The van der Waals surface area contributed by atoms with Crippen LogP contribution in [0, 0.1) is 6.92 Å². The zero-order chi connectivity index (χ0) is 11.1. The molecule has 2 aromatic heterocycles. The Hall–Kier alpha value is -1.31. The van der Waals surface area contributed by atoms with Gasteiger partial charge in [0.15, 0.2) is 0 Å². The molecule has 0 aromatic carbocycles. The highest BCUT2D eigenvalue weighted by Crippen LogP contribution is 2.29. The second-order valence-electron chi connectivity index (χ2n) is 4.73. The molecule has 2 nitrogen and oxygen atoms in total. The van der Waals surface area contributed by atoms with Crippen molar-refractivity contribution in [1.82, 2.24) is 9.38 Å². The van der Waals surface area contributed by atoms with Gasteiger partial charge in [-0.1, -0.05) is 26.8 Å². The highest BCUT2D eigenvalue weighted by molar-refractivity contribution is 5.44. The Balaban J connectivity index is 2.67. The van der Waals surface area contributed by atoms with Crippen LogP contribution >= 0.6 is 0 Å². The van der Waals surface area contributed by atoms with E-state index in [0.717, 1.165) is 12.1 Å². The largest absolute Gasteiger partial charge is 0.304 e. The van der Waals surface area contributed by atoms with Gasteiger partial charge >= 0.3 is 0 Å². The van der Waals surface area contributed by atoms with Gasteiger partial charge in [0.25, 0.3) is 0 Å². The molecule has 0 spiro atoms. The van der Waals surface area contributed by atoms with Crippen LogP contribution in [0.15, 0.2) is 24.5 Å². The molecule has 15 heavy (non-hydrogen) atoms. The van der Waals surface area contributed by atoms with Gasteiger partial charge in [-0.25, -0.2) is 4.98 Å². The number of hydrogen-bond acceptors (Lipinski definition) is 1. The zero-order valence-electron chi connectivity index (χ0n) is 9.91. The molecule has 0 aliphatic heterocycles. The van der Waals surface area contributed by atoms with E-state index in [1.165, 1.54) is 11.3 Å². The average Bonchev–Trinajstić information content (AvgIpc) is 2.66. The van der Waals surface area contributed by atoms with Crippen LogP contribution in [-0.2, 0) is 5.41 Å². The van der Waals surface area contributed by atoms with Crippen LogP contribution in [0.25, 0.3) is 5.65 Å². The van der Waals surface area contributed by atoms with Gasteiger partial charge in [0.2, 0.25) is 0 Å². The van der Waals surface area contributed by atoms with E-state index in [0.29, 0.717) is 0 Å². The average molecular weight is 202 g/mol. The number of aryl methyl sites for hydroxylation is 1. The van der Waals surface area contributed by atoms with E-state index in [2.05, 4.69) is 49.2 Å². The summed E-state index contributed by atoms with van der Waals surface area (Å²) < 4.78 is 2.16.